The SMILES string of the molecule is Cc1ccc(N(CC(=O)N2c3ccccc3C[C@H]2C)S(=O)(=O)c2ccccc2)cc1. The number of amides is 1. The molecule has 0 saturated carbocycles. The number of aryl methyl sites for hydroxylation is 1. The lowest BCUT2D eigenvalue weighted by Gasteiger charge is -2.29. The zero-order valence-corrected chi connectivity index (χ0v) is 17.8. The van der Waals surface area contributed by atoms with Gasteiger partial charge in [0.05, 0.1) is 10.6 Å². The van der Waals surface area contributed by atoms with Crippen LogP contribution < -0.4 is 9.21 Å². The van der Waals surface area contributed by atoms with Crippen LogP contribution in [0, 0.1) is 6.92 Å². The number of hydrogen-bond acceptors (Lipinski definition) is 3. The Hall–Kier alpha value is -3.12. The van der Waals surface area contributed by atoms with Crippen LogP contribution in [-0.2, 0) is 21.2 Å². The molecule has 0 fully saturated rings. The first-order valence-electron chi connectivity index (χ1n) is 9.92. The molecule has 0 spiro atoms. The van der Waals surface area contributed by atoms with E-state index in [1.54, 1.807) is 47.4 Å². The highest BCUT2D eigenvalue weighted by Gasteiger charge is 2.34. The summed E-state index contributed by atoms with van der Waals surface area (Å²) in [4.78, 5) is 15.2. The molecular weight excluding hydrogens is 396 g/mol. The number of para-hydroxylation sites is 1. The van der Waals surface area contributed by atoms with Crippen molar-refractivity contribution in [1.29, 1.82) is 0 Å². The summed E-state index contributed by atoms with van der Waals surface area (Å²) in [6.07, 6.45) is 0.762. The Morgan fingerprint density at radius 1 is 0.967 bits per heavy atom. The van der Waals surface area contributed by atoms with Crippen LogP contribution in [0.5, 0.6) is 0 Å². The van der Waals surface area contributed by atoms with Crippen LogP contribution in [0.25, 0.3) is 0 Å². The average Bonchev–Trinajstić information content (AvgIpc) is 3.09. The van der Waals surface area contributed by atoms with E-state index in [4.69, 9.17) is 0 Å². The first kappa shape index (κ1) is 20.2. The quantitative estimate of drug-likeness (QED) is 0.623. The molecule has 1 aliphatic heterocycles. The maximum absolute atomic E-state index is 13.5. The van der Waals surface area contributed by atoms with Gasteiger partial charge in [-0.15, -0.1) is 0 Å². The van der Waals surface area contributed by atoms with Crippen molar-refractivity contribution < 1.29 is 13.2 Å². The number of hydrogen-bond donors (Lipinski definition) is 0. The van der Waals surface area contributed by atoms with E-state index >= 15 is 0 Å². The zero-order chi connectivity index (χ0) is 21.3. The van der Waals surface area contributed by atoms with Gasteiger partial charge >= 0.3 is 0 Å². The number of carbonyl (C=O) groups excluding carboxylic acids is 1. The van der Waals surface area contributed by atoms with Gasteiger partial charge in [-0.3, -0.25) is 9.10 Å². The van der Waals surface area contributed by atoms with Gasteiger partial charge < -0.3 is 4.90 Å². The number of benzene rings is 3. The predicted molar refractivity (Wildman–Crippen MR) is 119 cm³/mol. The molecule has 0 N–H and O–H groups in total. The molecule has 1 heterocycles. The molecule has 5 nitrogen and oxygen atoms in total. The van der Waals surface area contributed by atoms with Crippen molar-refractivity contribution in [2.75, 3.05) is 15.7 Å². The van der Waals surface area contributed by atoms with Crippen LogP contribution in [0.2, 0.25) is 0 Å². The smallest absolute Gasteiger partial charge is 0.264 e. The van der Waals surface area contributed by atoms with Gasteiger partial charge in [0.15, 0.2) is 0 Å². The molecular formula is C24H24N2O3S. The molecule has 0 radical (unpaired) electrons. The molecule has 0 bridgehead atoms. The van der Waals surface area contributed by atoms with Crippen molar-refractivity contribution in [3.05, 3.63) is 90.0 Å². The van der Waals surface area contributed by atoms with E-state index < -0.39 is 10.0 Å². The zero-order valence-electron chi connectivity index (χ0n) is 17.0. The highest BCUT2D eigenvalue weighted by atomic mass is 32.2. The summed E-state index contributed by atoms with van der Waals surface area (Å²) >= 11 is 0. The fourth-order valence-corrected chi connectivity index (χ4v) is 5.33. The van der Waals surface area contributed by atoms with Crippen molar-refractivity contribution in [1.82, 2.24) is 0 Å². The molecule has 0 saturated heterocycles. The van der Waals surface area contributed by atoms with E-state index in [-0.39, 0.29) is 23.4 Å². The Morgan fingerprint density at radius 2 is 1.60 bits per heavy atom. The fraction of sp³-hybridized carbons (Fsp3) is 0.208. The number of fused-ring (bicyclic) bond motifs is 1. The summed E-state index contributed by atoms with van der Waals surface area (Å²) in [5, 5.41) is 0. The molecule has 4 rings (SSSR count). The summed E-state index contributed by atoms with van der Waals surface area (Å²) < 4.78 is 28.1. The lowest BCUT2D eigenvalue weighted by atomic mass is 10.1. The molecule has 3 aromatic rings. The third-order valence-electron chi connectivity index (χ3n) is 5.41. The Labute approximate surface area is 177 Å². The van der Waals surface area contributed by atoms with Crippen molar-refractivity contribution >= 4 is 27.3 Å². The number of carbonyl (C=O) groups is 1. The van der Waals surface area contributed by atoms with Gasteiger partial charge in [-0.1, -0.05) is 54.1 Å². The van der Waals surface area contributed by atoms with Gasteiger partial charge in [-0.25, -0.2) is 8.42 Å². The largest absolute Gasteiger partial charge is 0.307 e. The van der Waals surface area contributed by atoms with Gasteiger partial charge in [-0.2, -0.15) is 0 Å². The topological polar surface area (TPSA) is 57.7 Å². The molecule has 154 valence electrons. The van der Waals surface area contributed by atoms with E-state index in [0.29, 0.717) is 5.69 Å². The van der Waals surface area contributed by atoms with Gasteiger partial charge in [0, 0.05) is 11.7 Å². The number of anilines is 2. The summed E-state index contributed by atoms with van der Waals surface area (Å²) in [6.45, 7) is 3.66. The molecule has 30 heavy (non-hydrogen) atoms. The Bertz CT molecular complexity index is 1160. The average molecular weight is 421 g/mol. The summed E-state index contributed by atoms with van der Waals surface area (Å²) in [7, 11) is -3.90. The molecule has 0 aromatic heterocycles. The lowest BCUT2D eigenvalue weighted by molar-refractivity contribution is -0.117. The summed E-state index contributed by atoms with van der Waals surface area (Å²) in [5.74, 6) is -0.243. The summed E-state index contributed by atoms with van der Waals surface area (Å²) in [6, 6.07) is 23.2. The predicted octanol–water partition coefficient (Wildman–Crippen LogP) is 4.17. The Morgan fingerprint density at radius 3 is 2.30 bits per heavy atom. The molecule has 0 unspecified atom stereocenters. The minimum absolute atomic E-state index is 0.0193. The van der Waals surface area contributed by atoms with Crippen molar-refractivity contribution in [3.63, 3.8) is 0 Å². The maximum atomic E-state index is 13.5. The van der Waals surface area contributed by atoms with E-state index in [9.17, 15) is 13.2 Å². The van der Waals surface area contributed by atoms with E-state index in [2.05, 4.69) is 0 Å². The fourth-order valence-electron chi connectivity index (χ4n) is 3.89. The minimum Gasteiger partial charge on any atom is -0.307 e. The molecule has 3 aromatic carbocycles. The van der Waals surface area contributed by atoms with Crippen molar-refractivity contribution in [2.24, 2.45) is 0 Å². The second-order valence-corrected chi connectivity index (χ2v) is 9.47. The van der Waals surface area contributed by atoms with Crippen LogP contribution in [0.4, 0.5) is 11.4 Å². The highest BCUT2D eigenvalue weighted by Crippen LogP contribution is 2.33. The molecule has 1 atom stereocenters. The minimum atomic E-state index is -3.90. The second-order valence-electron chi connectivity index (χ2n) is 7.61. The number of rotatable bonds is 5. The third-order valence-corrected chi connectivity index (χ3v) is 7.20. The molecule has 1 aliphatic rings. The first-order valence-corrected chi connectivity index (χ1v) is 11.4. The van der Waals surface area contributed by atoms with Crippen LogP contribution in [-0.4, -0.2) is 26.9 Å². The van der Waals surface area contributed by atoms with Crippen molar-refractivity contribution in [2.45, 2.75) is 31.2 Å². The van der Waals surface area contributed by atoms with Gasteiger partial charge in [0.2, 0.25) is 5.91 Å². The van der Waals surface area contributed by atoms with Gasteiger partial charge in [-0.05, 0) is 56.2 Å². The van der Waals surface area contributed by atoms with Gasteiger partial charge in [0.1, 0.15) is 6.54 Å². The normalized spacial score (nSPS) is 15.7. The van der Waals surface area contributed by atoms with Crippen LogP contribution in [0.15, 0.2) is 83.8 Å². The van der Waals surface area contributed by atoms with Crippen LogP contribution >= 0.6 is 0 Å². The van der Waals surface area contributed by atoms with Crippen LogP contribution in [0.3, 0.4) is 0 Å². The van der Waals surface area contributed by atoms with Crippen LogP contribution in [0.1, 0.15) is 18.1 Å². The Balaban J connectivity index is 1.72. The third kappa shape index (κ3) is 3.71. The van der Waals surface area contributed by atoms with E-state index in [1.807, 2.05) is 50.2 Å². The number of nitrogens with zero attached hydrogens (tertiary/aromatic N) is 2. The highest BCUT2D eigenvalue weighted by molar-refractivity contribution is 7.92. The monoisotopic (exact) mass is 420 g/mol. The molecule has 0 aliphatic carbocycles. The molecule has 6 heteroatoms. The summed E-state index contributed by atoms with van der Waals surface area (Å²) in [5.41, 5.74) is 3.45. The van der Waals surface area contributed by atoms with E-state index in [1.165, 1.54) is 4.31 Å². The van der Waals surface area contributed by atoms with Crippen molar-refractivity contribution in [3.8, 4) is 0 Å². The van der Waals surface area contributed by atoms with E-state index in [0.717, 1.165) is 23.2 Å². The van der Waals surface area contributed by atoms with Gasteiger partial charge in [0.25, 0.3) is 10.0 Å². The Kier molecular flexibility index (Phi) is 5.35. The maximum Gasteiger partial charge on any atom is 0.264 e. The first-order chi connectivity index (χ1) is 14.4. The lowest BCUT2D eigenvalue weighted by Crippen LogP contribution is -2.45. The second kappa shape index (κ2) is 7.95. The molecule has 1 amide bonds. The standard InChI is InChI=1S/C24H24N2O3S/c1-18-12-14-21(15-13-18)25(30(28,29)22-9-4-3-5-10-22)17-24(27)26-19(2)16-20-8-6-7-11-23(20)26/h3-15,19H,16-17H2,1-2H3/t19-/m1/s1. The number of sulfonamides is 1.